The van der Waals surface area contributed by atoms with E-state index in [9.17, 15) is 4.79 Å². The van der Waals surface area contributed by atoms with Gasteiger partial charge >= 0.3 is 0 Å². The molecule has 2 rings (SSSR count). The molecule has 0 atom stereocenters. The van der Waals surface area contributed by atoms with Crippen molar-refractivity contribution in [3.63, 3.8) is 0 Å². The minimum Gasteiger partial charge on any atom is -0.487 e. The van der Waals surface area contributed by atoms with Crippen molar-refractivity contribution in [2.75, 3.05) is 0 Å². The number of halogens is 3. The van der Waals surface area contributed by atoms with Crippen molar-refractivity contribution in [2.24, 2.45) is 5.10 Å². The van der Waals surface area contributed by atoms with Gasteiger partial charge in [0.1, 0.15) is 12.4 Å². The summed E-state index contributed by atoms with van der Waals surface area (Å²) in [5.41, 5.74) is 4.30. The first-order valence-electron chi connectivity index (χ1n) is 6.61. The van der Waals surface area contributed by atoms with Crippen molar-refractivity contribution in [2.45, 2.75) is 13.5 Å². The minimum atomic E-state index is -0.211. The van der Waals surface area contributed by atoms with Crippen molar-refractivity contribution in [1.82, 2.24) is 5.43 Å². The molecule has 120 valence electrons. The Kier molecular flexibility index (Phi) is 7.04. The Balaban J connectivity index is 2.09. The van der Waals surface area contributed by atoms with E-state index in [1.54, 1.807) is 6.21 Å². The van der Waals surface area contributed by atoms with Crippen LogP contribution in [0.25, 0.3) is 0 Å². The summed E-state index contributed by atoms with van der Waals surface area (Å²) in [5, 5.41) is 3.85. The highest BCUT2D eigenvalue weighted by molar-refractivity contribution is 14.1. The van der Waals surface area contributed by atoms with Crippen molar-refractivity contribution >= 4 is 66.6 Å². The van der Waals surface area contributed by atoms with E-state index < -0.39 is 0 Å². The molecule has 0 aliphatic carbocycles. The summed E-state index contributed by atoms with van der Waals surface area (Å²) in [6.45, 7) is 1.89. The van der Waals surface area contributed by atoms with E-state index in [2.05, 4.69) is 65.0 Å². The van der Waals surface area contributed by atoms with Gasteiger partial charge in [0.15, 0.2) is 0 Å². The number of nitrogens with zero attached hydrogens (tertiary/aromatic N) is 1. The molecule has 0 aliphatic rings. The second-order valence-corrected chi connectivity index (χ2v) is 7.61. The lowest BCUT2D eigenvalue weighted by Gasteiger charge is -2.11. The maximum absolute atomic E-state index is 10.8. The zero-order valence-corrected chi connectivity index (χ0v) is 17.5. The average molecular weight is 552 g/mol. The van der Waals surface area contributed by atoms with Crippen LogP contribution in [0.4, 0.5) is 0 Å². The van der Waals surface area contributed by atoms with Crippen LogP contribution in [0, 0.1) is 3.57 Å². The summed E-state index contributed by atoms with van der Waals surface area (Å²) < 4.78 is 8.69. The molecule has 0 heterocycles. The Labute approximate surface area is 165 Å². The number of hydrogen-bond donors (Lipinski definition) is 1. The van der Waals surface area contributed by atoms with Gasteiger partial charge in [-0.3, -0.25) is 4.79 Å². The summed E-state index contributed by atoms with van der Waals surface area (Å²) in [6, 6.07) is 11.9. The van der Waals surface area contributed by atoms with Crippen molar-refractivity contribution in [3.8, 4) is 5.75 Å². The maximum atomic E-state index is 10.8. The molecule has 0 spiro atoms. The fourth-order valence-corrected chi connectivity index (χ4v) is 3.54. The van der Waals surface area contributed by atoms with Gasteiger partial charge in [0.05, 0.1) is 15.2 Å². The molecule has 1 N–H and O–H groups in total. The molecule has 0 aliphatic heterocycles. The number of hydrazone groups is 1. The van der Waals surface area contributed by atoms with E-state index >= 15 is 0 Å². The topological polar surface area (TPSA) is 50.7 Å². The van der Waals surface area contributed by atoms with Gasteiger partial charge in [0.25, 0.3) is 0 Å². The van der Waals surface area contributed by atoms with Crippen LogP contribution in [0.1, 0.15) is 18.1 Å². The van der Waals surface area contributed by atoms with Gasteiger partial charge in [-0.25, -0.2) is 5.43 Å². The molecular formula is C16H13Br2IN2O2. The van der Waals surface area contributed by atoms with E-state index in [0.717, 1.165) is 25.8 Å². The quantitative estimate of drug-likeness (QED) is 0.328. The van der Waals surface area contributed by atoms with Crippen molar-refractivity contribution in [3.05, 3.63) is 60.0 Å². The highest BCUT2D eigenvalue weighted by atomic mass is 127. The number of benzene rings is 2. The van der Waals surface area contributed by atoms with E-state index in [0.29, 0.717) is 6.61 Å². The molecule has 23 heavy (non-hydrogen) atoms. The number of amides is 1. The highest BCUT2D eigenvalue weighted by Crippen LogP contribution is 2.35. The molecular weight excluding hydrogens is 539 g/mol. The third-order valence-electron chi connectivity index (χ3n) is 2.75. The number of rotatable bonds is 5. The molecule has 0 saturated heterocycles. The predicted octanol–water partition coefficient (Wildman–Crippen LogP) is 4.87. The third-order valence-corrected chi connectivity index (χ3v) is 4.65. The minimum absolute atomic E-state index is 0.211. The first-order valence-corrected chi connectivity index (χ1v) is 9.28. The van der Waals surface area contributed by atoms with Crippen LogP contribution in [0.15, 0.2) is 50.4 Å². The maximum Gasteiger partial charge on any atom is 0.236 e. The summed E-state index contributed by atoms with van der Waals surface area (Å²) in [6.07, 6.45) is 1.57. The molecule has 4 nitrogen and oxygen atoms in total. The van der Waals surface area contributed by atoms with Gasteiger partial charge < -0.3 is 4.74 Å². The van der Waals surface area contributed by atoms with Crippen molar-refractivity contribution < 1.29 is 9.53 Å². The number of carbonyl (C=O) groups excluding carboxylic acids is 1. The average Bonchev–Trinajstić information content (AvgIpc) is 2.48. The first-order chi connectivity index (χ1) is 11.0. The zero-order chi connectivity index (χ0) is 16.8. The smallest absolute Gasteiger partial charge is 0.236 e. The Hall–Kier alpha value is -0.930. The number of hydrogen-bond acceptors (Lipinski definition) is 3. The number of carbonyl (C=O) groups is 1. The second kappa shape index (κ2) is 8.79. The Morgan fingerprint density at radius 3 is 2.43 bits per heavy atom. The van der Waals surface area contributed by atoms with Crippen LogP contribution in [0.5, 0.6) is 5.75 Å². The second-order valence-electron chi connectivity index (χ2n) is 4.66. The van der Waals surface area contributed by atoms with Crippen LogP contribution in [-0.4, -0.2) is 12.1 Å². The van der Waals surface area contributed by atoms with Crippen LogP contribution in [0.3, 0.4) is 0 Å². The molecule has 0 saturated carbocycles. The molecule has 2 aromatic rings. The van der Waals surface area contributed by atoms with E-state index in [-0.39, 0.29) is 5.91 Å². The summed E-state index contributed by atoms with van der Waals surface area (Å²) in [5.74, 6) is 0.511. The highest BCUT2D eigenvalue weighted by Gasteiger charge is 2.09. The summed E-state index contributed by atoms with van der Waals surface area (Å²) in [4.78, 5) is 10.8. The fraction of sp³-hybridized carbons (Fsp3) is 0.125. The molecule has 7 heteroatoms. The van der Waals surface area contributed by atoms with Gasteiger partial charge in [-0.1, -0.05) is 12.1 Å². The monoisotopic (exact) mass is 550 g/mol. The van der Waals surface area contributed by atoms with Gasteiger partial charge in [-0.15, -0.1) is 0 Å². The van der Waals surface area contributed by atoms with Crippen LogP contribution < -0.4 is 10.2 Å². The van der Waals surface area contributed by atoms with Gasteiger partial charge in [0, 0.05) is 10.5 Å². The Morgan fingerprint density at radius 2 is 1.87 bits per heavy atom. The lowest BCUT2D eigenvalue weighted by Crippen LogP contribution is -2.12. The van der Waals surface area contributed by atoms with Gasteiger partial charge in [0.2, 0.25) is 5.91 Å². The molecule has 0 unspecified atom stereocenters. The molecule has 0 fully saturated rings. The summed E-state index contributed by atoms with van der Waals surface area (Å²) in [7, 11) is 0. The number of nitrogens with one attached hydrogen (secondary N) is 1. The Bertz CT molecular complexity index is 710. The van der Waals surface area contributed by atoms with Gasteiger partial charge in [-0.2, -0.15) is 5.10 Å². The van der Waals surface area contributed by atoms with Crippen LogP contribution >= 0.6 is 54.5 Å². The lowest BCUT2D eigenvalue weighted by atomic mass is 10.2. The predicted molar refractivity (Wildman–Crippen MR) is 107 cm³/mol. The summed E-state index contributed by atoms with van der Waals surface area (Å²) >= 11 is 9.27. The van der Waals surface area contributed by atoms with Crippen LogP contribution in [-0.2, 0) is 11.4 Å². The SMILES string of the molecule is CC(=O)N/N=C\c1cc(Br)c(OCc2ccc(I)cc2)c(Br)c1. The van der Waals surface area contributed by atoms with E-state index in [1.165, 1.54) is 10.5 Å². The molecule has 1 amide bonds. The fourth-order valence-electron chi connectivity index (χ4n) is 1.73. The van der Waals surface area contributed by atoms with Gasteiger partial charge in [-0.05, 0) is 89.8 Å². The first kappa shape index (κ1) is 18.4. The molecule has 0 aromatic heterocycles. The zero-order valence-electron chi connectivity index (χ0n) is 12.1. The molecule has 0 bridgehead atoms. The standard InChI is InChI=1S/C16H13Br2IN2O2/c1-10(22)21-20-8-12-6-14(17)16(15(18)7-12)23-9-11-2-4-13(19)5-3-11/h2-8H,9H2,1H3,(H,21,22)/b20-8-. The third kappa shape index (κ3) is 5.89. The van der Waals surface area contributed by atoms with E-state index in [1.807, 2.05) is 36.4 Å². The number of ether oxygens (including phenoxy) is 1. The van der Waals surface area contributed by atoms with Crippen molar-refractivity contribution in [1.29, 1.82) is 0 Å². The lowest BCUT2D eigenvalue weighted by molar-refractivity contribution is -0.118. The van der Waals surface area contributed by atoms with E-state index in [4.69, 9.17) is 4.74 Å². The molecule has 2 aromatic carbocycles. The molecule has 0 radical (unpaired) electrons. The largest absolute Gasteiger partial charge is 0.487 e. The Morgan fingerprint density at radius 1 is 1.26 bits per heavy atom. The normalized spacial score (nSPS) is 10.8. The van der Waals surface area contributed by atoms with Crippen LogP contribution in [0.2, 0.25) is 0 Å².